The zero-order valence-electron chi connectivity index (χ0n) is 8.80. The number of aliphatic hydroxyl groups excluding tert-OH is 1. The Morgan fingerprint density at radius 2 is 2.27 bits per heavy atom. The SMILES string of the molecule is NC1C=CC(C(=O)N2CCCC(O)C2)C1. The number of nitrogens with two attached hydrogens (primary N) is 1. The summed E-state index contributed by atoms with van der Waals surface area (Å²) in [6.07, 6.45) is 5.86. The highest BCUT2D eigenvalue weighted by Crippen LogP contribution is 2.21. The maximum absolute atomic E-state index is 12.0. The molecule has 0 spiro atoms. The van der Waals surface area contributed by atoms with Gasteiger partial charge in [-0.15, -0.1) is 0 Å². The number of nitrogens with zero attached hydrogens (tertiary/aromatic N) is 1. The first-order valence-corrected chi connectivity index (χ1v) is 5.57. The van der Waals surface area contributed by atoms with Crippen LogP contribution in [0.4, 0.5) is 0 Å². The van der Waals surface area contributed by atoms with Crippen molar-refractivity contribution in [2.75, 3.05) is 13.1 Å². The largest absolute Gasteiger partial charge is 0.391 e. The summed E-state index contributed by atoms with van der Waals surface area (Å²) in [7, 11) is 0. The Hall–Kier alpha value is -0.870. The molecular formula is C11H18N2O2. The zero-order valence-corrected chi connectivity index (χ0v) is 8.80. The molecule has 1 heterocycles. The van der Waals surface area contributed by atoms with Gasteiger partial charge in [0.25, 0.3) is 0 Å². The number of likely N-dealkylation sites (tertiary alicyclic amines) is 1. The van der Waals surface area contributed by atoms with Crippen LogP contribution in [0.2, 0.25) is 0 Å². The van der Waals surface area contributed by atoms with Crippen LogP contribution in [0.3, 0.4) is 0 Å². The average molecular weight is 210 g/mol. The van der Waals surface area contributed by atoms with Crippen molar-refractivity contribution in [2.24, 2.45) is 11.7 Å². The lowest BCUT2D eigenvalue weighted by molar-refractivity contribution is -0.137. The standard InChI is InChI=1S/C11H18N2O2/c12-9-4-3-8(6-9)11(15)13-5-1-2-10(14)7-13/h3-4,8-10,14H,1-2,5-7,12H2. The minimum absolute atomic E-state index is 0.0219. The number of β-amino-alcohol motifs (C(OH)–C–C–N with tert-alkyl or cyclic N) is 1. The van der Waals surface area contributed by atoms with Gasteiger partial charge in [-0.3, -0.25) is 4.79 Å². The third-order valence-corrected chi connectivity index (χ3v) is 3.14. The van der Waals surface area contributed by atoms with E-state index in [0.717, 1.165) is 19.4 Å². The molecule has 2 rings (SSSR count). The number of rotatable bonds is 1. The molecule has 0 radical (unpaired) electrons. The Morgan fingerprint density at radius 3 is 2.87 bits per heavy atom. The first-order valence-electron chi connectivity index (χ1n) is 5.57. The van der Waals surface area contributed by atoms with Crippen molar-refractivity contribution in [3.63, 3.8) is 0 Å². The third-order valence-electron chi connectivity index (χ3n) is 3.14. The fourth-order valence-electron chi connectivity index (χ4n) is 2.30. The summed E-state index contributed by atoms with van der Waals surface area (Å²) < 4.78 is 0. The molecule has 3 unspecified atom stereocenters. The van der Waals surface area contributed by atoms with Crippen LogP contribution in [-0.4, -0.2) is 41.1 Å². The van der Waals surface area contributed by atoms with Crippen molar-refractivity contribution < 1.29 is 9.90 Å². The molecule has 3 N–H and O–H groups in total. The molecule has 1 fully saturated rings. The number of hydrogen-bond donors (Lipinski definition) is 2. The predicted molar refractivity (Wildman–Crippen MR) is 57.0 cm³/mol. The van der Waals surface area contributed by atoms with Crippen molar-refractivity contribution in [2.45, 2.75) is 31.4 Å². The minimum Gasteiger partial charge on any atom is -0.391 e. The third kappa shape index (κ3) is 2.38. The Morgan fingerprint density at radius 1 is 1.47 bits per heavy atom. The number of carbonyl (C=O) groups excluding carboxylic acids is 1. The lowest BCUT2D eigenvalue weighted by Crippen LogP contribution is -2.44. The van der Waals surface area contributed by atoms with Gasteiger partial charge in [-0.25, -0.2) is 0 Å². The second kappa shape index (κ2) is 4.33. The Balaban J connectivity index is 1.93. The average Bonchev–Trinajstić information content (AvgIpc) is 2.64. The fraction of sp³-hybridized carbons (Fsp3) is 0.727. The quantitative estimate of drug-likeness (QED) is 0.593. The van der Waals surface area contributed by atoms with Gasteiger partial charge in [0.1, 0.15) is 0 Å². The van der Waals surface area contributed by atoms with Gasteiger partial charge < -0.3 is 15.7 Å². The molecule has 0 aromatic rings. The van der Waals surface area contributed by atoms with Gasteiger partial charge in [-0.1, -0.05) is 12.2 Å². The van der Waals surface area contributed by atoms with Crippen LogP contribution in [0.15, 0.2) is 12.2 Å². The molecule has 0 saturated carbocycles. The summed E-state index contributed by atoms with van der Waals surface area (Å²) >= 11 is 0. The number of amides is 1. The van der Waals surface area contributed by atoms with Gasteiger partial charge in [-0.2, -0.15) is 0 Å². The summed E-state index contributed by atoms with van der Waals surface area (Å²) in [6, 6.07) is 0.0219. The summed E-state index contributed by atoms with van der Waals surface area (Å²) in [5.41, 5.74) is 5.71. The lowest BCUT2D eigenvalue weighted by Gasteiger charge is -2.31. The van der Waals surface area contributed by atoms with Crippen LogP contribution in [0.5, 0.6) is 0 Å². The first-order chi connectivity index (χ1) is 7.16. The van der Waals surface area contributed by atoms with E-state index in [-0.39, 0.29) is 24.0 Å². The molecular weight excluding hydrogens is 192 g/mol. The highest BCUT2D eigenvalue weighted by Gasteiger charge is 2.29. The minimum atomic E-state index is -0.346. The number of aliphatic hydroxyl groups is 1. The molecule has 1 saturated heterocycles. The van der Waals surface area contributed by atoms with Gasteiger partial charge in [-0.05, 0) is 19.3 Å². The van der Waals surface area contributed by atoms with Crippen molar-refractivity contribution in [1.29, 1.82) is 0 Å². The number of piperidine rings is 1. The second-order valence-electron chi connectivity index (χ2n) is 4.47. The van der Waals surface area contributed by atoms with Crippen LogP contribution < -0.4 is 5.73 Å². The lowest BCUT2D eigenvalue weighted by atomic mass is 10.0. The number of hydrogen-bond acceptors (Lipinski definition) is 3. The van der Waals surface area contributed by atoms with Crippen molar-refractivity contribution in [3.05, 3.63) is 12.2 Å². The molecule has 15 heavy (non-hydrogen) atoms. The second-order valence-corrected chi connectivity index (χ2v) is 4.47. The van der Waals surface area contributed by atoms with Crippen molar-refractivity contribution in [1.82, 2.24) is 4.90 Å². The van der Waals surface area contributed by atoms with E-state index in [1.165, 1.54) is 0 Å². The molecule has 1 aliphatic carbocycles. The molecule has 4 nitrogen and oxygen atoms in total. The molecule has 0 aromatic carbocycles. The highest BCUT2D eigenvalue weighted by molar-refractivity contribution is 5.81. The van der Waals surface area contributed by atoms with Gasteiger partial charge in [0, 0.05) is 19.1 Å². The molecule has 2 aliphatic rings. The molecule has 1 aliphatic heterocycles. The fourth-order valence-corrected chi connectivity index (χ4v) is 2.30. The summed E-state index contributed by atoms with van der Waals surface area (Å²) in [4.78, 5) is 13.8. The normalized spacial score (nSPS) is 35.9. The predicted octanol–water partition coefficient (Wildman–Crippen LogP) is -0.127. The molecule has 1 amide bonds. The van der Waals surface area contributed by atoms with E-state index in [0.29, 0.717) is 13.0 Å². The van der Waals surface area contributed by atoms with Gasteiger partial charge in [0.15, 0.2) is 0 Å². The Kier molecular flexibility index (Phi) is 3.07. The van der Waals surface area contributed by atoms with Crippen LogP contribution in [0, 0.1) is 5.92 Å². The van der Waals surface area contributed by atoms with Crippen LogP contribution in [0.1, 0.15) is 19.3 Å². The van der Waals surface area contributed by atoms with Crippen LogP contribution in [0.25, 0.3) is 0 Å². The van der Waals surface area contributed by atoms with Crippen LogP contribution in [-0.2, 0) is 4.79 Å². The smallest absolute Gasteiger partial charge is 0.229 e. The van der Waals surface area contributed by atoms with Crippen molar-refractivity contribution >= 4 is 5.91 Å². The topological polar surface area (TPSA) is 66.6 Å². The zero-order chi connectivity index (χ0) is 10.8. The number of carbonyl (C=O) groups is 1. The Bertz CT molecular complexity index is 278. The monoisotopic (exact) mass is 210 g/mol. The summed E-state index contributed by atoms with van der Waals surface area (Å²) in [5.74, 6) is 0.0586. The molecule has 4 heteroatoms. The van der Waals surface area contributed by atoms with Gasteiger partial charge in [0.05, 0.1) is 12.0 Å². The summed E-state index contributed by atoms with van der Waals surface area (Å²) in [5, 5.41) is 9.49. The molecule has 3 atom stereocenters. The first kappa shape index (κ1) is 10.6. The molecule has 84 valence electrons. The molecule has 0 aromatic heterocycles. The van der Waals surface area contributed by atoms with E-state index >= 15 is 0 Å². The maximum atomic E-state index is 12.0. The van der Waals surface area contributed by atoms with Gasteiger partial charge >= 0.3 is 0 Å². The van der Waals surface area contributed by atoms with E-state index < -0.39 is 0 Å². The van der Waals surface area contributed by atoms with Crippen molar-refractivity contribution in [3.8, 4) is 0 Å². The van der Waals surface area contributed by atoms with E-state index in [1.54, 1.807) is 4.90 Å². The van der Waals surface area contributed by atoms with E-state index in [4.69, 9.17) is 5.73 Å². The van der Waals surface area contributed by atoms with E-state index in [9.17, 15) is 9.90 Å². The van der Waals surface area contributed by atoms with Gasteiger partial charge in [0.2, 0.25) is 5.91 Å². The highest BCUT2D eigenvalue weighted by atomic mass is 16.3. The van der Waals surface area contributed by atoms with E-state index in [2.05, 4.69) is 0 Å². The van der Waals surface area contributed by atoms with Crippen LogP contribution >= 0.6 is 0 Å². The summed E-state index contributed by atoms with van der Waals surface area (Å²) in [6.45, 7) is 1.26. The van der Waals surface area contributed by atoms with E-state index in [1.807, 2.05) is 12.2 Å². The maximum Gasteiger partial charge on any atom is 0.229 e. The Labute approximate surface area is 89.7 Å². The molecule has 0 bridgehead atoms.